The van der Waals surface area contributed by atoms with Gasteiger partial charge in [0.05, 0.1) is 17.8 Å². The number of rotatable bonds is 13. The number of carbonyl (C=O) groups excluding carboxylic acids is 1. The van der Waals surface area contributed by atoms with Crippen molar-refractivity contribution in [2.24, 2.45) is 0 Å². The first-order valence-corrected chi connectivity index (χ1v) is 13.4. The van der Waals surface area contributed by atoms with Gasteiger partial charge in [-0.05, 0) is 56.4 Å². The normalized spacial score (nSPS) is 16.4. The van der Waals surface area contributed by atoms with Crippen molar-refractivity contribution in [3.8, 4) is 11.4 Å². The summed E-state index contributed by atoms with van der Waals surface area (Å²) >= 11 is 0. The van der Waals surface area contributed by atoms with Crippen molar-refractivity contribution in [3.63, 3.8) is 0 Å². The molecule has 1 atom stereocenters. The number of hydrogen-bond donors (Lipinski definition) is 5. The van der Waals surface area contributed by atoms with E-state index < -0.39 is 11.6 Å². The molecule has 0 radical (unpaired) electrons. The first-order chi connectivity index (χ1) is 18.9. The number of aromatic nitrogens is 2. The molecule has 2 saturated carbocycles. The number of aliphatic hydroxyl groups is 2. The zero-order valence-electron chi connectivity index (χ0n) is 22.0. The van der Waals surface area contributed by atoms with Crippen LogP contribution in [0, 0.1) is 6.92 Å². The van der Waals surface area contributed by atoms with Crippen molar-refractivity contribution in [1.29, 1.82) is 0 Å². The molecule has 0 unspecified atom stereocenters. The second-order valence-electron chi connectivity index (χ2n) is 10.3. The van der Waals surface area contributed by atoms with Crippen molar-refractivity contribution in [2.45, 2.75) is 50.3 Å². The first kappa shape index (κ1) is 26.9. The van der Waals surface area contributed by atoms with E-state index in [2.05, 4.69) is 20.9 Å². The Morgan fingerprint density at radius 1 is 1.23 bits per heavy atom. The Balaban J connectivity index is 1.36. The van der Waals surface area contributed by atoms with E-state index in [0.29, 0.717) is 30.1 Å². The Hall–Kier alpha value is -3.73. The minimum Gasteiger partial charge on any atom is -0.490 e. The monoisotopic (exact) mass is 533 g/mol. The summed E-state index contributed by atoms with van der Waals surface area (Å²) in [4.78, 5) is 30.6. The number of para-hydroxylation sites is 1. The number of nitrogens with one attached hydrogen (secondary N) is 3. The maximum Gasteiger partial charge on any atom is 0.297 e. The van der Waals surface area contributed by atoms with Gasteiger partial charge in [0.1, 0.15) is 18.5 Å². The van der Waals surface area contributed by atoms with Crippen LogP contribution in [0.1, 0.15) is 47.2 Å². The molecule has 2 fully saturated rings. The van der Waals surface area contributed by atoms with Gasteiger partial charge in [0.25, 0.3) is 11.5 Å². The summed E-state index contributed by atoms with van der Waals surface area (Å²) in [5.41, 5.74) is 2.08. The third kappa shape index (κ3) is 6.30. The van der Waals surface area contributed by atoms with Gasteiger partial charge >= 0.3 is 0 Å². The van der Waals surface area contributed by atoms with Gasteiger partial charge in [0.15, 0.2) is 5.82 Å². The second kappa shape index (κ2) is 11.6. The lowest BCUT2D eigenvalue weighted by Gasteiger charge is -2.23. The summed E-state index contributed by atoms with van der Waals surface area (Å²) in [6.07, 6.45) is 6.04. The lowest BCUT2D eigenvalue weighted by atomic mass is 10.0. The summed E-state index contributed by atoms with van der Waals surface area (Å²) in [6, 6.07) is 13.2. The first-order valence-electron chi connectivity index (χ1n) is 13.4. The average Bonchev–Trinajstić information content (AvgIpc) is 3.87. The highest BCUT2D eigenvalue weighted by Crippen LogP contribution is 2.50. The largest absolute Gasteiger partial charge is 0.490 e. The van der Waals surface area contributed by atoms with Gasteiger partial charge in [-0.25, -0.2) is 4.98 Å². The molecule has 2 aliphatic rings. The van der Waals surface area contributed by atoms with Crippen molar-refractivity contribution >= 4 is 11.7 Å². The van der Waals surface area contributed by atoms with Gasteiger partial charge in [-0.2, -0.15) is 0 Å². The fraction of sp³-hybridized carbons (Fsp3) is 0.414. The van der Waals surface area contributed by atoms with Crippen LogP contribution in [-0.2, 0) is 5.54 Å². The summed E-state index contributed by atoms with van der Waals surface area (Å²) in [6.45, 7) is 2.70. The Kier molecular flexibility index (Phi) is 7.97. The van der Waals surface area contributed by atoms with Gasteiger partial charge in [0.2, 0.25) is 0 Å². The Bertz CT molecular complexity index is 1380. The van der Waals surface area contributed by atoms with E-state index in [4.69, 9.17) is 9.84 Å². The summed E-state index contributed by atoms with van der Waals surface area (Å²) in [5.74, 6) is 0.706. The van der Waals surface area contributed by atoms with Gasteiger partial charge in [-0.1, -0.05) is 24.3 Å². The van der Waals surface area contributed by atoms with Crippen LogP contribution in [0.15, 0.2) is 59.7 Å². The molecule has 1 amide bonds. The molecule has 0 saturated heterocycles. The highest BCUT2D eigenvalue weighted by atomic mass is 16.5. The quantitative estimate of drug-likeness (QED) is 0.210. The van der Waals surface area contributed by atoms with Gasteiger partial charge in [-0.15, -0.1) is 0 Å². The number of benzene rings is 2. The van der Waals surface area contributed by atoms with E-state index in [1.165, 1.54) is 4.57 Å². The minimum absolute atomic E-state index is 0.000575. The van der Waals surface area contributed by atoms with E-state index in [-0.39, 0.29) is 36.5 Å². The van der Waals surface area contributed by atoms with E-state index in [1.807, 2.05) is 37.3 Å². The van der Waals surface area contributed by atoms with E-state index >= 15 is 0 Å². The van der Waals surface area contributed by atoms with E-state index in [1.54, 1.807) is 24.5 Å². The molecule has 39 heavy (non-hydrogen) atoms. The molecular weight excluding hydrogens is 498 g/mol. The predicted octanol–water partition coefficient (Wildman–Crippen LogP) is 1.86. The molecule has 10 nitrogen and oxygen atoms in total. The number of carbonyl (C=O) groups is 1. The number of aliphatic hydroxyl groups excluding tert-OH is 2. The van der Waals surface area contributed by atoms with Crippen molar-refractivity contribution in [2.75, 3.05) is 31.6 Å². The van der Waals surface area contributed by atoms with E-state index in [0.717, 1.165) is 36.8 Å². The summed E-state index contributed by atoms with van der Waals surface area (Å²) in [7, 11) is 0. The third-order valence-electron chi connectivity index (χ3n) is 7.09. The maximum absolute atomic E-state index is 13.6. The lowest BCUT2D eigenvalue weighted by Crippen LogP contribution is -2.33. The average molecular weight is 534 g/mol. The zero-order chi connectivity index (χ0) is 27.4. The maximum atomic E-state index is 13.6. The molecule has 2 aromatic carbocycles. The fourth-order valence-electron chi connectivity index (χ4n) is 4.59. The summed E-state index contributed by atoms with van der Waals surface area (Å²) < 4.78 is 7.49. The highest BCUT2D eigenvalue weighted by molar-refractivity contribution is 5.95. The molecule has 206 valence electrons. The number of hydrogen-bond acceptors (Lipinski definition) is 8. The van der Waals surface area contributed by atoms with Crippen LogP contribution >= 0.6 is 0 Å². The van der Waals surface area contributed by atoms with Crippen LogP contribution in [0.4, 0.5) is 5.82 Å². The van der Waals surface area contributed by atoms with Crippen molar-refractivity contribution in [3.05, 3.63) is 81.9 Å². The van der Waals surface area contributed by atoms with E-state index in [9.17, 15) is 14.7 Å². The molecule has 1 heterocycles. The number of amides is 1. The molecule has 1 aromatic heterocycles. The van der Waals surface area contributed by atoms with Crippen LogP contribution in [-0.4, -0.2) is 64.1 Å². The molecule has 2 aliphatic carbocycles. The smallest absolute Gasteiger partial charge is 0.297 e. The van der Waals surface area contributed by atoms with Crippen LogP contribution in [0.2, 0.25) is 0 Å². The Morgan fingerprint density at radius 2 is 2.03 bits per heavy atom. The van der Waals surface area contributed by atoms with Crippen LogP contribution in [0.5, 0.6) is 5.75 Å². The van der Waals surface area contributed by atoms with Gasteiger partial charge in [0, 0.05) is 42.7 Å². The van der Waals surface area contributed by atoms with Crippen LogP contribution in [0.3, 0.4) is 0 Å². The summed E-state index contributed by atoms with van der Waals surface area (Å²) in [5, 5.41) is 28.4. The minimum atomic E-state index is -0.735. The number of anilines is 1. The molecule has 5 N–H and O–H groups in total. The zero-order valence-corrected chi connectivity index (χ0v) is 22.0. The van der Waals surface area contributed by atoms with Crippen LogP contribution < -0.4 is 26.2 Å². The molecule has 10 heteroatoms. The van der Waals surface area contributed by atoms with Crippen LogP contribution in [0.25, 0.3) is 5.69 Å². The van der Waals surface area contributed by atoms with Gasteiger partial charge in [-0.3, -0.25) is 14.2 Å². The highest BCUT2D eigenvalue weighted by Gasteiger charge is 2.47. The second-order valence-corrected chi connectivity index (χ2v) is 10.3. The van der Waals surface area contributed by atoms with Crippen molar-refractivity contribution in [1.82, 2.24) is 20.2 Å². The third-order valence-corrected chi connectivity index (χ3v) is 7.09. The topological polar surface area (TPSA) is 138 Å². The molecule has 5 rings (SSSR count). The number of nitrogens with zero attached hydrogens (tertiary/aromatic N) is 2. The predicted molar refractivity (Wildman–Crippen MR) is 147 cm³/mol. The number of aryl methyl sites for hydroxylation is 1. The Labute approximate surface area is 227 Å². The van der Waals surface area contributed by atoms with Crippen molar-refractivity contribution < 1.29 is 19.7 Å². The van der Waals surface area contributed by atoms with Gasteiger partial charge < -0.3 is 30.9 Å². The standard InChI is InChI=1S/C29H35N5O5/c1-19-6-7-20(27(37)32-21-8-9-21)16-24(19)34-14-12-31-26(28(34)38)33-29(10-11-29)23-4-2-3-5-25(23)39-18-22(36)17-30-13-15-35/h2-7,12,14,16,21-22,30,35-36H,8-11,13,15,17-18H2,1H3,(H,31,33)(H,32,37)/t22-/m1/s1. The Morgan fingerprint density at radius 3 is 2.77 bits per heavy atom. The molecule has 3 aromatic rings. The lowest BCUT2D eigenvalue weighted by molar-refractivity contribution is 0.0951. The molecule has 0 bridgehead atoms. The fourth-order valence-corrected chi connectivity index (χ4v) is 4.59. The number of ether oxygens (including phenoxy) is 1. The molecule has 0 aliphatic heterocycles. The SMILES string of the molecule is Cc1ccc(C(=O)NC2CC2)cc1-n1ccnc(NC2(c3ccccc3OC[C@H](O)CNCCO)CC2)c1=O. The molecular formula is C29H35N5O5. The molecule has 0 spiro atoms.